The first-order valence-electron chi connectivity index (χ1n) is 8.54. The predicted octanol–water partition coefficient (Wildman–Crippen LogP) is 3.19. The summed E-state index contributed by atoms with van der Waals surface area (Å²) in [6.45, 7) is 12.8. The second kappa shape index (κ2) is 5.95. The number of likely N-dealkylation sites (tertiary alicyclic amines) is 1. The first-order chi connectivity index (χ1) is 10.9. The highest BCUT2D eigenvalue weighted by molar-refractivity contribution is 6.06. The minimum atomic E-state index is 0.123. The molecule has 1 aliphatic heterocycles. The standard InChI is InChI=1S/C18H26N4O/c1-6-22-17-16(14(5)20-22)15(8-13(4)19-17)18(23)21-9-11(2)7-12(3)10-21/h8,11-12H,6-7,9-10H2,1-5H3/t11-,12+. The zero-order chi connectivity index (χ0) is 16.7. The molecular weight excluding hydrogens is 288 g/mol. The van der Waals surface area contributed by atoms with Gasteiger partial charge in [0, 0.05) is 25.3 Å². The van der Waals surface area contributed by atoms with Crippen LogP contribution in [0.2, 0.25) is 0 Å². The molecule has 2 aromatic rings. The molecule has 0 N–H and O–H groups in total. The Hall–Kier alpha value is -1.91. The smallest absolute Gasteiger partial charge is 0.254 e. The number of rotatable bonds is 2. The fourth-order valence-electron chi connectivity index (χ4n) is 3.87. The number of fused-ring (bicyclic) bond motifs is 1. The molecule has 0 bridgehead atoms. The number of aryl methyl sites for hydroxylation is 3. The molecule has 1 saturated heterocycles. The minimum absolute atomic E-state index is 0.123. The number of piperidine rings is 1. The van der Waals surface area contributed by atoms with E-state index in [1.165, 1.54) is 6.42 Å². The normalized spacial score (nSPS) is 21.9. The summed E-state index contributed by atoms with van der Waals surface area (Å²) in [5.74, 6) is 1.24. The van der Waals surface area contributed by atoms with E-state index in [4.69, 9.17) is 0 Å². The Morgan fingerprint density at radius 3 is 2.52 bits per heavy atom. The van der Waals surface area contributed by atoms with Crippen molar-refractivity contribution in [1.82, 2.24) is 19.7 Å². The van der Waals surface area contributed by atoms with Gasteiger partial charge in [0.05, 0.1) is 16.6 Å². The molecule has 0 spiro atoms. The van der Waals surface area contributed by atoms with Gasteiger partial charge in [-0.2, -0.15) is 5.10 Å². The first-order valence-corrected chi connectivity index (χ1v) is 8.54. The van der Waals surface area contributed by atoms with Crippen molar-refractivity contribution in [1.29, 1.82) is 0 Å². The topological polar surface area (TPSA) is 51.0 Å². The van der Waals surface area contributed by atoms with Gasteiger partial charge in [-0.25, -0.2) is 9.67 Å². The summed E-state index contributed by atoms with van der Waals surface area (Å²) in [5, 5.41) is 5.46. The van der Waals surface area contributed by atoms with Crippen molar-refractivity contribution in [3.63, 3.8) is 0 Å². The van der Waals surface area contributed by atoms with E-state index in [9.17, 15) is 4.79 Å². The van der Waals surface area contributed by atoms with Crippen molar-refractivity contribution in [2.24, 2.45) is 11.8 Å². The third kappa shape index (κ3) is 2.84. The van der Waals surface area contributed by atoms with Gasteiger partial charge in [-0.1, -0.05) is 13.8 Å². The van der Waals surface area contributed by atoms with Crippen LogP contribution in [0.15, 0.2) is 6.07 Å². The Balaban J connectivity index is 2.08. The fraction of sp³-hybridized carbons (Fsp3) is 0.611. The molecule has 0 radical (unpaired) electrons. The lowest BCUT2D eigenvalue weighted by Crippen LogP contribution is -2.42. The second-order valence-corrected chi connectivity index (χ2v) is 7.07. The van der Waals surface area contributed by atoms with E-state index in [-0.39, 0.29) is 5.91 Å². The van der Waals surface area contributed by atoms with Gasteiger partial charge >= 0.3 is 0 Å². The highest BCUT2D eigenvalue weighted by Crippen LogP contribution is 2.27. The summed E-state index contributed by atoms with van der Waals surface area (Å²) in [5.41, 5.74) is 3.34. The molecule has 0 unspecified atom stereocenters. The molecule has 5 heteroatoms. The number of hydrogen-bond acceptors (Lipinski definition) is 3. The maximum atomic E-state index is 13.2. The third-order valence-corrected chi connectivity index (χ3v) is 4.69. The highest BCUT2D eigenvalue weighted by atomic mass is 16.2. The molecule has 124 valence electrons. The zero-order valence-corrected chi connectivity index (χ0v) is 14.8. The molecule has 3 rings (SSSR count). The highest BCUT2D eigenvalue weighted by Gasteiger charge is 2.28. The Morgan fingerprint density at radius 1 is 1.26 bits per heavy atom. The van der Waals surface area contributed by atoms with Gasteiger partial charge in [0.25, 0.3) is 5.91 Å². The summed E-state index contributed by atoms with van der Waals surface area (Å²) in [6, 6.07) is 1.92. The number of hydrogen-bond donors (Lipinski definition) is 0. The molecule has 0 aliphatic carbocycles. The Bertz CT molecular complexity index is 739. The maximum absolute atomic E-state index is 13.2. The fourth-order valence-corrected chi connectivity index (χ4v) is 3.87. The Labute approximate surface area is 137 Å². The van der Waals surface area contributed by atoms with Crippen LogP contribution in [0.5, 0.6) is 0 Å². The SMILES string of the molecule is CCn1nc(C)c2c(C(=O)N3C[C@H](C)C[C@H](C)C3)cc(C)nc21. The summed E-state index contributed by atoms with van der Waals surface area (Å²) >= 11 is 0. The largest absolute Gasteiger partial charge is 0.338 e. The van der Waals surface area contributed by atoms with Gasteiger partial charge in [-0.15, -0.1) is 0 Å². The lowest BCUT2D eigenvalue weighted by atomic mass is 9.91. The van der Waals surface area contributed by atoms with Crippen molar-refractivity contribution in [2.45, 2.75) is 47.6 Å². The van der Waals surface area contributed by atoms with Crippen molar-refractivity contribution >= 4 is 16.9 Å². The van der Waals surface area contributed by atoms with Gasteiger partial charge < -0.3 is 4.90 Å². The van der Waals surface area contributed by atoms with Crippen LogP contribution in [0, 0.1) is 25.7 Å². The summed E-state index contributed by atoms with van der Waals surface area (Å²) < 4.78 is 1.88. The Morgan fingerprint density at radius 2 is 1.91 bits per heavy atom. The van der Waals surface area contributed by atoms with Gasteiger partial charge in [0.1, 0.15) is 0 Å². The summed E-state index contributed by atoms with van der Waals surface area (Å²) in [7, 11) is 0. The molecule has 1 fully saturated rings. The molecule has 3 heterocycles. The molecule has 2 aromatic heterocycles. The van der Waals surface area contributed by atoms with Crippen molar-refractivity contribution in [3.8, 4) is 0 Å². The van der Waals surface area contributed by atoms with E-state index in [1.807, 2.05) is 36.4 Å². The average Bonchev–Trinajstić information content (AvgIpc) is 2.81. The van der Waals surface area contributed by atoms with Crippen molar-refractivity contribution < 1.29 is 4.79 Å². The molecule has 1 amide bonds. The van der Waals surface area contributed by atoms with E-state index in [1.54, 1.807) is 0 Å². The predicted molar refractivity (Wildman–Crippen MR) is 91.5 cm³/mol. The maximum Gasteiger partial charge on any atom is 0.254 e. The van der Waals surface area contributed by atoms with Crippen LogP contribution >= 0.6 is 0 Å². The van der Waals surface area contributed by atoms with Crippen LogP contribution in [0.25, 0.3) is 11.0 Å². The van der Waals surface area contributed by atoms with Crippen molar-refractivity contribution in [3.05, 3.63) is 23.0 Å². The van der Waals surface area contributed by atoms with Gasteiger partial charge in [0.2, 0.25) is 0 Å². The van der Waals surface area contributed by atoms with Crippen LogP contribution < -0.4 is 0 Å². The van der Waals surface area contributed by atoms with Gasteiger partial charge in [0.15, 0.2) is 5.65 Å². The van der Waals surface area contributed by atoms with Crippen LogP contribution in [-0.2, 0) is 6.54 Å². The number of nitrogens with zero attached hydrogens (tertiary/aromatic N) is 4. The molecule has 23 heavy (non-hydrogen) atoms. The lowest BCUT2D eigenvalue weighted by Gasteiger charge is -2.35. The van der Waals surface area contributed by atoms with Crippen LogP contribution in [0.3, 0.4) is 0 Å². The van der Waals surface area contributed by atoms with E-state index >= 15 is 0 Å². The van der Waals surface area contributed by atoms with Crippen LogP contribution in [-0.4, -0.2) is 38.7 Å². The monoisotopic (exact) mass is 314 g/mol. The molecule has 2 atom stereocenters. The third-order valence-electron chi connectivity index (χ3n) is 4.69. The van der Waals surface area contributed by atoms with Crippen LogP contribution in [0.1, 0.15) is 48.9 Å². The number of aromatic nitrogens is 3. The number of pyridine rings is 1. The van der Waals surface area contributed by atoms with E-state index in [0.717, 1.165) is 47.6 Å². The number of amides is 1. The van der Waals surface area contributed by atoms with Crippen molar-refractivity contribution in [2.75, 3.05) is 13.1 Å². The molecular formula is C18H26N4O. The minimum Gasteiger partial charge on any atom is -0.338 e. The molecule has 5 nitrogen and oxygen atoms in total. The summed E-state index contributed by atoms with van der Waals surface area (Å²) in [4.78, 5) is 19.8. The number of carbonyl (C=O) groups excluding carboxylic acids is 1. The van der Waals surface area contributed by atoms with E-state index in [2.05, 4.69) is 23.9 Å². The van der Waals surface area contributed by atoms with Gasteiger partial charge in [-0.3, -0.25) is 4.79 Å². The van der Waals surface area contributed by atoms with Crippen LogP contribution in [0.4, 0.5) is 0 Å². The van der Waals surface area contributed by atoms with E-state index < -0.39 is 0 Å². The van der Waals surface area contributed by atoms with Gasteiger partial charge in [-0.05, 0) is 45.1 Å². The summed E-state index contributed by atoms with van der Waals surface area (Å²) in [6.07, 6.45) is 1.20. The quantitative estimate of drug-likeness (QED) is 0.855. The molecule has 0 aromatic carbocycles. The first kappa shape index (κ1) is 16.0. The number of carbonyl (C=O) groups is 1. The average molecular weight is 314 g/mol. The molecule has 0 saturated carbocycles. The molecule has 1 aliphatic rings. The zero-order valence-electron chi connectivity index (χ0n) is 14.8. The lowest BCUT2D eigenvalue weighted by molar-refractivity contribution is 0.0625. The Kier molecular flexibility index (Phi) is 4.13. The van der Waals surface area contributed by atoms with E-state index in [0.29, 0.717) is 11.8 Å². The second-order valence-electron chi connectivity index (χ2n) is 7.07.